The van der Waals surface area contributed by atoms with Gasteiger partial charge in [0.25, 0.3) is 0 Å². The minimum absolute atomic E-state index is 0.329. The Morgan fingerprint density at radius 3 is 1.29 bits per heavy atom. The SMILES string of the molecule is CCCC(=O)OC(=O)CCC.O=C(OC(=O)c1ccccc1)c1ccccc1. The molecule has 0 spiro atoms. The summed E-state index contributed by atoms with van der Waals surface area (Å²) in [6, 6.07) is 16.8. The van der Waals surface area contributed by atoms with Crippen LogP contribution in [0.15, 0.2) is 60.7 Å². The van der Waals surface area contributed by atoms with E-state index in [0.717, 1.165) is 12.8 Å². The van der Waals surface area contributed by atoms with Gasteiger partial charge >= 0.3 is 23.9 Å². The van der Waals surface area contributed by atoms with Gasteiger partial charge in [0.1, 0.15) is 0 Å². The van der Waals surface area contributed by atoms with Crippen LogP contribution in [0.1, 0.15) is 60.2 Å². The van der Waals surface area contributed by atoms with Crippen molar-refractivity contribution in [1.29, 1.82) is 0 Å². The lowest BCUT2D eigenvalue weighted by Crippen LogP contribution is -2.12. The third kappa shape index (κ3) is 8.89. The summed E-state index contributed by atoms with van der Waals surface area (Å²) < 4.78 is 9.20. The van der Waals surface area contributed by atoms with Gasteiger partial charge in [-0.2, -0.15) is 0 Å². The normalized spacial score (nSPS) is 9.50. The van der Waals surface area contributed by atoms with Crippen molar-refractivity contribution in [3.8, 4) is 0 Å². The maximum atomic E-state index is 11.6. The number of esters is 4. The third-order valence-electron chi connectivity index (χ3n) is 3.34. The van der Waals surface area contributed by atoms with Crippen molar-refractivity contribution in [2.24, 2.45) is 0 Å². The summed E-state index contributed by atoms with van der Waals surface area (Å²) in [6.45, 7) is 3.73. The number of ether oxygens (including phenoxy) is 2. The molecule has 0 fully saturated rings. The van der Waals surface area contributed by atoms with E-state index in [1.165, 1.54) is 0 Å². The van der Waals surface area contributed by atoms with Crippen LogP contribution >= 0.6 is 0 Å². The molecule has 0 unspecified atom stereocenters. The molecule has 28 heavy (non-hydrogen) atoms. The molecule has 148 valence electrons. The monoisotopic (exact) mass is 384 g/mol. The summed E-state index contributed by atoms with van der Waals surface area (Å²) in [5, 5.41) is 0. The summed E-state index contributed by atoms with van der Waals surface area (Å²) in [7, 11) is 0. The molecule has 0 atom stereocenters. The number of rotatable bonds is 6. The van der Waals surface area contributed by atoms with Gasteiger partial charge in [0.05, 0.1) is 11.1 Å². The topological polar surface area (TPSA) is 86.7 Å². The maximum Gasteiger partial charge on any atom is 0.346 e. The highest BCUT2D eigenvalue weighted by Gasteiger charge is 2.13. The molecule has 0 amide bonds. The molecule has 0 saturated carbocycles. The fourth-order valence-corrected chi connectivity index (χ4v) is 1.99. The van der Waals surface area contributed by atoms with Crippen LogP contribution in [-0.4, -0.2) is 23.9 Å². The fraction of sp³-hybridized carbons (Fsp3) is 0.273. The number of hydrogen-bond acceptors (Lipinski definition) is 6. The van der Waals surface area contributed by atoms with Crippen molar-refractivity contribution in [2.45, 2.75) is 39.5 Å². The van der Waals surface area contributed by atoms with Gasteiger partial charge in [-0.15, -0.1) is 0 Å². The second kappa shape index (κ2) is 13.0. The molecule has 0 heterocycles. The lowest BCUT2D eigenvalue weighted by molar-refractivity contribution is -0.159. The zero-order valence-electron chi connectivity index (χ0n) is 16.1. The molecule has 6 nitrogen and oxygen atoms in total. The van der Waals surface area contributed by atoms with Crippen molar-refractivity contribution in [3.05, 3.63) is 71.8 Å². The standard InChI is InChI=1S/C14H10O3.C8H14O3/c15-13(11-7-3-1-4-8-11)17-14(16)12-9-5-2-6-10-12;1-3-5-7(9)11-8(10)6-4-2/h1-10H;3-6H2,1-2H3. The summed E-state index contributed by atoms with van der Waals surface area (Å²) in [5.74, 6) is -2.10. The van der Waals surface area contributed by atoms with Gasteiger partial charge in [-0.1, -0.05) is 50.2 Å². The minimum Gasteiger partial charge on any atom is -0.393 e. The van der Waals surface area contributed by atoms with Crippen LogP contribution in [0.3, 0.4) is 0 Å². The van der Waals surface area contributed by atoms with Gasteiger partial charge in [0.2, 0.25) is 0 Å². The quantitative estimate of drug-likeness (QED) is 0.544. The maximum absolute atomic E-state index is 11.6. The van der Waals surface area contributed by atoms with Gasteiger partial charge in [-0.25, -0.2) is 9.59 Å². The highest BCUT2D eigenvalue weighted by Crippen LogP contribution is 2.06. The Kier molecular flexibility index (Phi) is 10.5. The molecule has 0 aromatic heterocycles. The molecule has 0 radical (unpaired) electrons. The number of benzene rings is 2. The molecule has 6 heteroatoms. The average molecular weight is 384 g/mol. The number of hydrogen-bond donors (Lipinski definition) is 0. The smallest absolute Gasteiger partial charge is 0.346 e. The largest absolute Gasteiger partial charge is 0.393 e. The Bertz CT molecular complexity index is 703. The van der Waals surface area contributed by atoms with Crippen LogP contribution in [0, 0.1) is 0 Å². The molecular formula is C22H24O6. The second-order valence-electron chi connectivity index (χ2n) is 5.76. The van der Waals surface area contributed by atoms with E-state index in [9.17, 15) is 19.2 Å². The minimum atomic E-state index is -0.639. The van der Waals surface area contributed by atoms with E-state index >= 15 is 0 Å². The summed E-state index contributed by atoms with van der Waals surface area (Å²) >= 11 is 0. The first-order valence-corrected chi connectivity index (χ1v) is 9.08. The van der Waals surface area contributed by atoms with E-state index in [0.29, 0.717) is 24.0 Å². The van der Waals surface area contributed by atoms with Crippen molar-refractivity contribution in [1.82, 2.24) is 0 Å². The average Bonchev–Trinajstić information content (AvgIpc) is 2.70. The van der Waals surface area contributed by atoms with Gasteiger partial charge in [0, 0.05) is 12.8 Å². The van der Waals surface area contributed by atoms with Crippen LogP contribution in [0.5, 0.6) is 0 Å². The highest BCUT2D eigenvalue weighted by atomic mass is 16.6. The van der Waals surface area contributed by atoms with E-state index in [2.05, 4.69) is 4.74 Å². The summed E-state index contributed by atoms with van der Waals surface area (Å²) in [5.41, 5.74) is 0.716. The second-order valence-corrected chi connectivity index (χ2v) is 5.76. The Morgan fingerprint density at radius 1 is 0.607 bits per heavy atom. The molecule has 2 rings (SSSR count). The first-order chi connectivity index (χ1) is 13.5. The molecule has 2 aromatic carbocycles. The van der Waals surface area contributed by atoms with Crippen LogP contribution in [0.4, 0.5) is 0 Å². The molecule has 0 bridgehead atoms. The van der Waals surface area contributed by atoms with E-state index in [-0.39, 0.29) is 0 Å². The van der Waals surface area contributed by atoms with Crippen LogP contribution in [0.25, 0.3) is 0 Å². The van der Waals surface area contributed by atoms with Gasteiger partial charge < -0.3 is 9.47 Å². The lowest BCUT2D eigenvalue weighted by Gasteiger charge is -2.02. The van der Waals surface area contributed by atoms with Gasteiger partial charge in [-0.3, -0.25) is 9.59 Å². The molecule has 0 aliphatic rings. The Hall–Kier alpha value is -3.28. The van der Waals surface area contributed by atoms with Crippen molar-refractivity contribution >= 4 is 23.9 Å². The van der Waals surface area contributed by atoms with Crippen molar-refractivity contribution in [2.75, 3.05) is 0 Å². The van der Waals surface area contributed by atoms with Crippen molar-refractivity contribution < 1.29 is 28.7 Å². The van der Waals surface area contributed by atoms with E-state index < -0.39 is 23.9 Å². The van der Waals surface area contributed by atoms with Crippen molar-refractivity contribution in [3.63, 3.8) is 0 Å². The molecule has 0 N–H and O–H groups in total. The Balaban J connectivity index is 0.000000311. The zero-order valence-corrected chi connectivity index (χ0v) is 16.1. The van der Waals surface area contributed by atoms with E-state index in [1.54, 1.807) is 60.7 Å². The first-order valence-electron chi connectivity index (χ1n) is 9.08. The van der Waals surface area contributed by atoms with Crippen LogP contribution in [-0.2, 0) is 19.1 Å². The summed E-state index contributed by atoms with van der Waals surface area (Å²) in [6.07, 6.45) is 2.10. The predicted molar refractivity (Wildman–Crippen MR) is 104 cm³/mol. The number of carbonyl (C=O) groups is 4. The fourth-order valence-electron chi connectivity index (χ4n) is 1.99. The third-order valence-corrected chi connectivity index (χ3v) is 3.34. The van der Waals surface area contributed by atoms with Crippen LogP contribution in [0.2, 0.25) is 0 Å². The predicted octanol–water partition coefficient (Wildman–Crippen LogP) is 4.34. The molecule has 0 saturated heterocycles. The van der Waals surface area contributed by atoms with E-state index in [4.69, 9.17) is 4.74 Å². The Labute approximate surface area is 164 Å². The zero-order chi connectivity index (χ0) is 20.8. The number of carbonyl (C=O) groups excluding carboxylic acids is 4. The lowest BCUT2D eigenvalue weighted by atomic mass is 10.2. The van der Waals surface area contributed by atoms with Gasteiger partial charge in [-0.05, 0) is 37.1 Å². The van der Waals surface area contributed by atoms with Crippen LogP contribution < -0.4 is 0 Å². The van der Waals surface area contributed by atoms with E-state index in [1.807, 2.05) is 13.8 Å². The summed E-state index contributed by atoms with van der Waals surface area (Å²) in [4.78, 5) is 44.5. The van der Waals surface area contributed by atoms with Gasteiger partial charge in [0.15, 0.2) is 0 Å². The highest BCUT2D eigenvalue weighted by molar-refractivity contribution is 6.02. The molecule has 0 aliphatic carbocycles. The first kappa shape index (κ1) is 22.8. The Morgan fingerprint density at radius 2 is 0.964 bits per heavy atom. The molecular weight excluding hydrogens is 360 g/mol. The molecule has 2 aromatic rings. The molecule has 0 aliphatic heterocycles.